The molecular weight excluding hydrogens is 436 g/mol. The molecule has 0 aliphatic heterocycles. The zero-order valence-electron chi connectivity index (χ0n) is 21.8. The number of methoxy groups -OCH3 is 1. The summed E-state index contributed by atoms with van der Waals surface area (Å²) in [6.07, 6.45) is 5.13. The fourth-order valence-electron chi connectivity index (χ4n) is 3.06. The molecule has 0 radical (unpaired) electrons. The predicted octanol–water partition coefficient (Wildman–Crippen LogP) is 7.93. The van der Waals surface area contributed by atoms with Crippen LogP contribution >= 0.6 is 0 Å². The van der Waals surface area contributed by atoms with Crippen LogP contribution in [0.15, 0.2) is 85.0 Å². The maximum Gasteiger partial charge on any atom is 0.335 e. The summed E-state index contributed by atoms with van der Waals surface area (Å²) in [6, 6.07) is 21.4. The van der Waals surface area contributed by atoms with Crippen molar-refractivity contribution in [3.8, 4) is 11.5 Å². The second-order valence-electron chi connectivity index (χ2n) is 7.62. The molecule has 0 fully saturated rings. The summed E-state index contributed by atoms with van der Waals surface area (Å²) in [4.78, 5) is 10.6. The number of hydrogen-bond donors (Lipinski definition) is 1. The van der Waals surface area contributed by atoms with E-state index in [-0.39, 0.29) is 0 Å². The first-order chi connectivity index (χ1) is 16.8. The highest BCUT2D eigenvalue weighted by Gasteiger charge is 2.06. The fourth-order valence-corrected chi connectivity index (χ4v) is 3.06. The second-order valence-corrected chi connectivity index (χ2v) is 7.62. The zero-order valence-corrected chi connectivity index (χ0v) is 21.8. The lowest BCUT2D eigenvalue weighted by Gasteiger charge is -2.07. The van der Waals surface area contributed by atoms with Crippen LogP contribution in [0.4, 0.5) is 0 Å². The van der Waals surface area contributed by atoms with Crippen molar-refractivity contribution in [3.05, 3.63) is 113 Å². The number of carboxylic acid groups (broad SMARTS) is 1. The number of aromatic carboxylic acids is 1. The molecule has 3 rings (SSSR count). The Hall–Kier alpha value is -3.79. The van der Waals surface area contributed by atoms with E-state index in [0.717, 1.165) is 17.7 Å². The van der Waals surface area contributed by atoms with E-state index in [1.165, 1.54) is 22.8 Å². The molecule has 0 amide bonds. The normalized spacial score (nSPS) is 9.89. The van der Waals surface area contributed by atoms with Crippen molar-refractivity contribution in [2.75, 3.05) is 13.7 Å². The standard InChI is InChI=1S/C20H22O.C9H10O3.C2H6/c1-4-18-9-7-11-20(14-18)21-15-16(2)12-13-19-10-6-5-8-17(19)3;1-6-5-7(12-2)3-4-8(6)9(10)11;1-2/h5-14H,2,4,15H2,1,3H3;3-5H,1-2H3,(H,10,11);1-2H3/b13-12-;;. The van der Waals surface area contributed by atoms with E-state index in [4.69, 9.17) is 14.6 Å². The van der Waals surface area contributed by atoms with Crippen LogP contribution in [0.3, 0.4) is 0 Å². The molecule has 3 aromatic rings. The SMILES string of the molecule is C=C(/C=C\c1ccccc1C)COc1cccc(CC)c1.CC.COc1ccc(C(=O)O)c(C)c1. The van der Waals surface area contributed by atoms with E-state index < -0.39 is 5.97 Å². The summed E-state index contributed by atoms with van der Waals surface area (Å²) in [7, 11) is 1.55. The van der Waals surface area contributed by atoms with Gasteiger partial charge in [0.25, 0.3) is 0 Å². The molecule has 0 heterocycles. The lowest BCUT2D eigenvalue weighted by Crippen LogP contribution is -1.99. The summed E-state index contributed by atoms with van der Waals surface area (Å²) in [5.74, 6) is 0.674. The number of hydrogen-bond acceptors (Lipinski definition) is 3. The summed E-state index contributed by atoms with van der Waals surface area (Å²) in [5, 5.41) is 8.69. The summed E-state index contributed by atoms with van der Waals surface area (Å²) >= 11 is 0. The van der Waals surface area contributed by atoms with Crippen molar-refractivity contribution in [3.63, 3.8) is 0 Å². The van der Waals surface area contributed by atoms with E-state index in [1.807, 2.05) is 44.2 Å². The minimum absolute atomic E-state index is 0.316. The van der Waals surface area contributed by atoms with Gasteiger partial charge in [0.1, 0.15) is 18.1 Å². The molecule has 186 valence electrons. The van der Waals surface area contributed by atoms with Gasteiger partial charge in [-0.2, -0.15) is 0 Å². The molecule has 0 bridgehead atoms. The molecule has 4 nitrogen and oxygen atoms in total. The lowest BCUT2D eigenvalue weighted by atomic mass is 10.1. The smallest absolute Gasteiger partial charge is 0.335 e. The van der Waals surface area contributed by atoms with Crippen LogP contribution in [0.1, 0.15) is 53.4 Å². The topological polar surface area (TPSA) is 55.8 Å². The first-order valence-corrected chi connectivity index (χ1v) is 11.8. The first kappa shape index (κ1) is 29.2. The highest BCUT2D eigenvalue weighted by atomic mass is 16.5. The van der Waals surface area contributed by atoms with Crippen LogP contribution < -0.4 is 9.47 Å². The van der Waals surface area contributed by atoms with Gasteiger partial charge in [-0.05, 0) is 78.4 Å². The number of rotatable bonds is 8. The van der Waals surface area contributed by atoms with E-state index in [9.17, 15) is 4.79 Å². The molecule has 0 aliphatic rings. The van der Waals surface area contributed by atoms with Crippen LogP contribution in [0, 0.1) is 13.8 Å². The largest absolute Gasteiger partial charge is 0.497 e. The summed E-state index contributed by atoms with van der Waals surface area (Å²) in [6.45, 7) is 14.5. The molecule has 0 aliphatic carbocycles. The third-order valence-electron chi connectivity index (χ3n) is 5.08. The molecule has 3 aromatic carbocycles. The highest BCUT2D eigenvalue weighted by Crippen LogP contribution is 2.17. The first-order valence-electron chi connectivity index (χ1n) is 11.8. The highest BCUT2D eigenvalue weighted by molar-refractivity contribution is 5.89. The average Bonchev–Trinajstić information content (AvgIpc) is 2.88. The van der Waals surface area contributed by atoms with Gasteiger partial charge in [-0.3, -0.25) is 0 Å². The van der Waals surface area contributed by atoms with Crippen LogP contribution in [0.2, 0.25) is 0 Å². The van der Waals surface area contributed by atoms with Gasteiger partial charge < -0.3 is 14.6 Å². The lowest BCUT2D eigenvalue weighted by molar-refractivity contribution is 0.0696. The minimum atomic E-state index is -0.907. The Labute approximate surface area is 210 Å². The molecule has 35 heavy (non-hydrogen) atoms. The van der Waals surface area contributed by atoms with Gasteiger partial charge in [-0.15, -0.1) is 0 Å². The number of ether oxygens (including phenoxy) is 2. The number of carbonyl (C=O) groups is 1. The molecule has 0 saturated heterocycles. The molecule has 0 spiro atoms. The van der Waals surface area contributed by atoms with E-state index in [0.29, 0.717) is 23.5 Å². The van der Waals surface area contributed by atoms with E-state index in [2.05, 4.69) is 50.8 Å². The summed E-state index contributed by atoms with van der Waals surface area (Å²) in [5.41, 5.74) is 5.75. The third-order valence-corrected chi connectivity index (χ3v) is 5.08. The van der Waals surface area contributed by atoms with Gasteiger partial charge in [0.15, 0.2) is 0 Å². The van der Waals surface area contributed by atoms with Crippen LogP contribution in [0.5, 0.6) is 11.5 Å². The Morgan fingerprint density at radius 1 is 0.943 bits per heavy atom. The van der Waals surface area contributed by atoms with Crippen LogP contribution in [0.25, 0.3) is 6.08 Å². The Morgan fingerprint density at radius 3 is 2.26 bits per heavy atom. The van der Waals surface area contributed by atoms with Crippen LogP contribution in [-0.4, -0.2) is 24.8 Å². The van der Waals surface area contributed by atoms with Crippen molar-refractivity contribution in [1.29, 1.82) is 0 Å². The number of aryl methyl sites for hydroxylation is 3. The molecule has 1 N–H and O–H groups in total. The maximum atomic E-state index is 10.6. The average molecular weight is 475 g/mol. The van der Waals surface area contributed by atoms with Gasteiger partial charge in [0.2, 0.25) is 0 Å². The van der Waals surface area contributed by atoms with Gasteiger partial charge in [0.05, 0.1) is 12.7 Å². The molecule has 0 aromatic heterocycles. The number of benzene rings is 3. The minimum Gasteiger partial charge on any atom is -0.497 e. The van der Waals surface area contributed by atoms with E-state index >= 15 is 0 Å². The Balaban J connectivity index is 0.000000372. The Kier molecular flexibility index (Phi) is 13.3. The van der Waals surface area contributed by atoms with Crippen molar-refractivity contribution >= 4 is 12.0 Å². The van der Waals surface area contributed by atoms with Crippen molar-refractivity contribution in [2.45, 2.75) is 41.0 Å². The van der Waals surface area contributed by atoms with Crippen molar-refractivity contribution in [2.24, 2.45) is 0 Å². The van der Waals surface area contributed by atoms with Gasteiger partial charge in [-0.1, -0.05) is 75.9 Å². The monoisotopic (exact) mass is 474 g/mol. The molecular formula is C31H38O4. The Bertz CT molecular complexity index is 1110. The van der Waals surface area contributed by atoms with Gasteiger partial charge in [-0.25, -0.2) is 4.79 Å². The Morgan fingerprint density at radius 2 is 1.66 bits per heavy atom. The summed E-state index contributed by atoms with van der Waals surface area (Å²) < 4.78 is 10.7. The second kappa shape index (κ2) is 15.9. The molecule has 0 unspecified atom stereocenters. The van der Waals surface area contributed by atoms with Crippen molar-refractivity contribution in [1.82, 2.24) is 0 Å². The fraction of sp³-hybridized carbons (Fsp3) is 0.258. The maximum absolute atomic E-state index is 10.6. The van der Waals surface area contributed by atoms with E-state index in [1.54, 1.807) is 26.2 Å². The molecule has 4 heteroatoms. The number of carboxylic acids is 1. The van der Waals surface area contributed by atoms with Gasteiger partial charge >= 0.3 is 5.97 Å². The van der Waals surface area contributed by atoms with Gasteiger partial charge in [0, 0.05) is 0 Å². The molecule has 0 atom stereocenters. The van der Waals surface area contributed by atoms with Crippen molar-refractivity contribution < 1.29 is 19.4 Å². The molecule has 0 saturated carbocycles. The quantitative estimate of drug-likeness (QED) is 0.337. The van der Waals surface area contributed by atoms with Crippen LogP contribution in [-0.2, 0) is 6.42 Å². The third kappa shape index (κ3) is 10.3. The zero-order chi connectivity index (χ0) is 26.2. The predicted molar refractivity (Wildman–Crippen MR) is 147 cm³/mol.